The van der Waals surface area contributed by atoms with E-state index in [0.29, 0.717) is 6.04 Å². The summed E-state index contributed by atoms with van der Waals surface area (Å²) in [5.74, 6) is 2.73. The van der Waals surface area contributed by atoms with Crippen molar-refractivity contribution in [2.24, 2.45) is 17.8 Å². The van der Waals surface area contributed by atoms with Crippen LogP contribution >= 0.6 is 11.3 Å². The molecule has 1 unspecified atom stereocenters. The van der Waals surface area contributed by atoms with Gasteiger partial charge in [0.05, 0.1) is 0 Å². The van der Waals surface area contributed by atoms with E-state index < -0.39 is 0 Å². The summed E-state index contributed by atoms with van der Waals surface area (Å²) in [5.41, 5.74) is 0. The lowest BCUT2D eigenvalue weighted by molar-refractivity contribution is 0.189. The number of nitrogens with one attached hydrogen (secondary N) is 1. The Morgan fingerprint density at radius 3 is 2.42 bits per heavy atom. The van der Waals surface area contributed by atoms with Crippen LogP contribution < -0.4 is 5.32 Å². The first-order chi connectivity index (χ1) is 9.20. The van der Waals surface area contributed by atoms with Gasteiger partial charge in [-0.25, -0.2) is 0 Å². The van der Waals surface area contributed by atoms with E-state index in [1.165, 1.54) is 37.0 Å². The molecule has 19 heavy (non-hydrogen) atoms. The second-order valence-corrected chi connectivity index (χ2v) is 7.40. The van der Waals surface area contributed by atoms with E-state index in [1.807, 2.05) is 11.3 Å². The topological polar surface area (TPSA) is 12.0 Å². The van der Waals surface area contributed by atoms with Crippen molar-refractivity contribution in [2.75, 3.05) is 6.54 Å². The Morgan fingerprint density at radius 2 is 1.89 bits per heavy atom. The zero-order chi connectivity index (χ0) is 13.7. The largest absolute Gasteiger partial charge is 0.314 e. The maximum absolute atomic E-state index is 3.74. The number of thiophene rings is 1. The molecule has 2 rings (SSSR count). The first kappa shape index (κ1) is 15.1. The van der Waals surface area contributed by atoms with E-state index in [2.05, 4.69) is 43.6 Å². The fraction of sp³-hybridized carbons (Fsp3) is 0.765. The Hall–Kier alpha value is -0.340. The molecule has 1 saturated carbocycles. The molecule has 0 saturated heterocycles. The summed E-state index contributed by atoms with van der Waals surface area (Å²) in [6, 6.07) is 5.16. The van der Waals surface area contributed by atoms with Crippen LogP contribution in [0.5, 0.6) is 0 Å². The Bertz CT molecular complexity index is 336. The molecular formula is C17H29NS. The summed E-state index contributed by atoms with van der Waals surface area (Å²) in [6.45, 7) is 8.11. The highest BCUT2D eigenvalue weighted by Gasteiger charge is 2.28. The molecule has 1 N–H and O–H groups in total. The van der Waals surface area contributed by atoms with Crippen LogP contribution in [0.3, 0.4) is 0 Å². The van der Waals surface area contributed by atoms with Crippen LogP contribution in [0.1, 0.15) is 51.3 Å². The van der Waals surface area contributed by atoms with Gasteiger partial charge >= 0.3 is 0 Å². The van der Waals surface area contributed by atoms with Gasteiger partial charge in [-0.3, -0.25) is 0 Å². The van der Waals surface area contributed by atoms with Crippen LogP contribution in [0.15, 0.2) is 17.5 Å². The highest BCUT2D eigenvalue weighted by molar-refractivity contribution is 7.09. The third kappa shape index (κ3) is 4.32. The lowest BCUT2D eigenvalue weighted by Gasteiger charge is -2.35. The highest BCUT2D eigenvalue weighted by atomic mass is 32.1. The van der Waals surface area contributed by atoms with Gasteiger partial charge in [-0.1, -0.05) is 26.8 Å². The molecule has 2 heteroatoms. The Balaban J connectivity index is 1.89. The summed E-state index contributed by atoms with van der Waals surface area (Å²) >= 11 is 1.91. The molecular weight excluding hydrogens is 250 g/mol. The smallest absolute Gasteiger partial charge is 0.0143 e. The van der Waals surface area contributed by atoms with Crippen molar-refractivity contribution in [3.05, 3.63) is 22.4 Å². The lowest BCUT2D eigenvalue weighted by Crippen LogP contribution is -2.40. The standard InChI is InChI=1S/C17H29NS/c1-4-18-17(12-16-6-5-11-19-16)15-9-7-14(8-10-15)13(2)3/h5-6,11,13-15,17-18H,4,7-10,12H2,1-3H3. The van der Waals surface area contributed by atoms with E-state index in [9.17, 15) is 0 Å². The van der Waals surface area contributed by atoms with Gasteiger partial charge in [0.2, 0.25) is 0 Å². The van der Waals surface area contributed by atoms with Crippen molar-refractivity contribution in [3.8, 4) is 0 Å². The third-order valence-electron chi connectivity index (χ3n) is 4.80. The molecule has 1 aromatic rings. The second-order valence-electron chi connectivity index (χ2n) is 6.37. The van der Waals surface area contributed by atoms with Gasteiger partial charge in [-0.2, -0.15) is 0 Å². The van der Waals surface area contributed by atoms with Crippen molar-refractivity contribution in [1.82, 2.24) is 5.32 Å². The van der Waals surface area contributed by atoms with Gasteiger partial charge in [-0.15, -0.1) is 11.3 Å². The Labute approximate surface area is 122 Å². The maximum Gasteiger partial charge on any atom is 0.0143 e. The van der Waals surface area contributed by atoms with Crippen LogP contribution in [-0.4, -0.2) is 12.6 Å². The molecule has 1 heterocycles. The zero-order valence-electron chi connectivity index (χ0n) is 12.7. The van der Waals surface area contributed by atoms with Gasteiger partial charge in [0.15, 0.2) is 0 Å². The Kier molecular flexibility index (Phi) is 5.90. The summed E-state index contributed by atoms with van der Waals surface area (Å²) < 4.78 is 0. The molecule has 108 valence electrons. The zero-order valence-corrected chi connectivity index (χ0v) is 13.5. The number of likely N-dealkylation sites (N-methyl/N-ethyl adjacent to an activating group) is 1. The van der Waals surface area contributed by atoms with E-state index >= 15 is 0 Å². The van der Waals surface area contributed by atoms with Gasteiger partial charge < -0.3 is 5.32 Å². The minimum atomic E-state index is 0.691. The average Bonchev–Trinajstić information content (AvgIpc) is 2.91. The van der Waals surface area contributed by atoms with Crippen LogP contribution in [0.25, 0.3) is 0 Å². The van der Waals surface area contributed by atoms with Crippen LogP contribution in [-0.2, 0) is 6.42 Å². The number of hydrogen-bond acceptors (Lipinski definition) is 2. The van der Waals surface area contributed by atoms with Gasteiger partial charge in [0, 0.05) is 10.9 Å². The predicted octanol–water partition coefficient (Wildman–Crippen LogP) is 4.73. The molecule has 0 aromatic carbocycles. The van der Waals surface area contributed by atoms with Crippen molar-refractivity contribution in [2.45, 2.75) is 58.9 Å². The van der Waals surface area contributed by atoms with Crippen LogP contribution in [0, 0.1) is 17.8 Å². The quantitative estimate of drug-likeness (QED) is 0.793. The number of rotatable bonds is 6. The molecule has 1 fully saturated rings. The van der Waals surface area contributed by atoms with Crippen LogP contribution in [0.4, 0.5) is 0 Å². The molecule has 1 atom stereocenters. The van der Waals surface area contributed by atoms with Crippen molar-refractivity contribution < 1.29 is 0 Å². The summed E-state index contributed by atoms with van der Waals surface area (Å²) in [5, 5.41) is 5.94. The average molecular weight is 279 g/mol. The molecule has 1 aliphatic carbocycles. The van der Waals surface area contributed by atoms with E-state index in [0.717, 1.165) is 24.3 Å². The molecule has 1 nitrogen and oxygen atoms in total. The fourth-order valence-corrected chi connectivity index (χ4v) is 4.29. The molecule has 0 spiro atoms. The van der Waals surface area contributed by atoms with Crippen molar-refractivity contribution in [3.63, 3.8) is 0 Å². The molecule has 0 radical (unpaired) electrons. The molecule has 0 amide bonds. The van der Waals surface area contributed by atoms with Gasteiger partial charge in [0.25, 0.3) is 0 Å². The summed E-state index contributed by atoms with van der Waals surface area (Å²) in [7, 11) is 0. The maximum atomic E-state index is 3.74. The predicted molar refractivity (Wildman–Crippen MR) is 85.8 cm³/mol. The van der Waals surface area contributed by atoms with E-state index in [-0.39, 0.29) is 0 Å². The van der Waals surface area contributed by atoms with E-state index in [4.69, 9.17) is 0 Å². The SMILES string of the molecule is CCNC(Cc1cccs1)C1CCC(C(C)C)CC1. The van der Waals surface area contributed by atoms with E-state index in [1.54, 1.807) is 0 Å². The minimum absolute atomic E-state index is 0.691. The first-order valence-electron chi connectivity index (χ1n) is 7.96. The highest BCUT2D eigenvalue weighted by Crippen LogP contribution is 2.35. The fourth-order valence-electron chi connectivity index (χ4n) is 3.53. The third-order valence-corrected chi connectivity index (χ3v) is 5.69. The first-order valence-corrected chi connectivity index (χ1v) is 8.84. The second kappa shape index (κ2) is 7.44. The normalized spacial score (nSPS) is 25.7. The lowest BCUT2D eigenvalue weighted by atomic mass is 9.74. The van der Waals surface area contributed by atoms with Crippen molar-refractivity contribution in [1.29, 1.82) is 0 Å². The summed E-state index contributed by atoms with van der Waals surface area (Å²) in [4.78, 5) is 1.54. The number of hydrogen-bond donors (Lipinski definition) is 1. The molecule has 1 aromatic heterocycles. The molecule has 1 aliphatic rings. The monoisotopic (exact) mass is 279 g/mol. The van der Waals surface area contributed by atoms with Gasteiger partial charge in [-0.05, 0) is 67.8 Å². The minimum Gasteiger partial charge on any atom is -0.314 e. The van der Waals surface area contributed by atoms with Crippen LogP contribution in [0.2, 0.25) is 0 Å². The Morgan fingerprint density at radius 1 is 1.21 bits per heavy atom. The van der Waals surface area contributed by atoms with Gasteiger partial charge in [0.1, 0.15) is 0 Å². The summed E-state index contributed by atoms with van der Waals surface area (Å²) in [6.07, 6.45) is 6.95. The molecule has 0 bridgehead atoms. The van der Waals surface area contributed by atoms with Crippen molar-refractivity contribution >= 4 is 11.3 Å². The molecule has 0 aliphatic heterocycles.